The van der Waals surface area contributed by atoms with Gasteiger partial charge in [-0.25, -0.2) is 9.78 Å². The summed E-state index contributed by atoms with van der Waals surface area (Å²) in [7, 11) is 1.30. The molecule has 148 valence electrons. The lowest BCUT2D eigenvalue weighted by Gasteiger charge is -2.28. The molecule has 1 fully saturated rings. The number of para-hydroxylation sites is 2. The van der Waals surface area contributed by atoms with Crippen molar-refractivity contribution in [2.75, 3.05) is 7.11 Å². The van der Waals surface area contributed by atoms with E-state index in [0.29, 0.717) is 46.6 Å². The van der Waals surface area contributed by atoms with Crippen LogP contribution in [0.5, 0.6) is 0 Å². The van der Waals surface area contributed by atoms with Crippen LogP contribution in [-0.4, -0.2) is 35.8 Å². The first-order valence-corrected chi connectivity index (χ1v) is 9.76. The van der Waals surface area contributed by atoms with E-state index in [2.05, 4.69) is 10.3 Å². The van der Waals surface area contributed by atoms with E-state index in [1.54, 1.807) is 0 Å². The van der Waals surface area contributed by atoms with E-state index in [-0.39, 0.29) is 24.0 Å². The molecule has 4 rings (SSSR count). The van der Waals surface area contributed by atoms with Crippen molar-refractivity contribution < 1.29 is 19.1 Å². The minimum absolute atomic E-state index is 0.115. The monoisotopic (exact) mass is 390 g/mol. The number of Topliss-reactive ketones (excluding diaryl/α,β-unsaturated/α-hetero) is 1. The molecule has 2 atom stereocenters. The number of aromatic nitrogens is 1. The van der Waals surface area contributed by atoms with Gasteiger partial charge in [-0.05, 0) is 30.9 Å². The Kier molecular flexibility index (Phi) is 5.25. The zero-order chi connectivity index (χ0) is 20.4. The van der Waals surface area contributed by atoms with E-state index in [1.807, 2.05) is 48.5 Å². The number of ketones is 1. The molecule has 2 aromatic carbocycles. The summed E-state index contributed by atoms with van der Waals surface area (Å²) in [5.41, 5.74) is 1.89. The maximum Gasteiger partial charge on any atom is 0.328 e. The second-order valence-electron chi connectivity index (χ2n) is 7.39. The van der Waals surface area contributed by atoms with Gasteiger partial charge < -0.3 is 10.1 Å². The Morgan fingerprint density at radius 3 is 2.28 bits per heavy atom. The molecule has 0 bridgehead atoms. The minimum atomic E-state index is -0.859. The van der Waals surface area contributed by atoms with Crippen LogP contribution in [0.25, 0.3) is 21.8 Å². The van der Waals surface area contributed by atoms with Gasteiger partial charge in [0, 0.05) is 23.6 Å². The average Bonchev–Trinajstić information content (AvgIpc) is 2.75. The van der Waals surface area contributed by atoms with Gasteiger partial charge >= 0.3 is 5.97 Å². The molecule has 0 unspecified atom stereocenters. The van der Waals surface area contributed by atoms with Crippen molar-refractivity contribution in [3.63, 3.8) is 0 Å². The lowest BCUT2D eigenvalue weighted by molar-refractivity contribution is -0.145. The highest BCUT2D eigenvalue weighted by Crippen LogP contribution is 2.28. The number of esters is 1. The Labute approximate surface area is 168 Å². The number of nitrogens with zero attached hydrogens (tertiary/aromatic N) is 1. The predicted octanol–water partition coefficient (Wildman–Crippen LogP) is 3.42. The topological polar surface area (TPSA) is 85.4 Å². The van der Waals surface area contributed by atoms with Gasteiger partial charge in [-0.15, -0.1) is 0 Å². The van der Waals surface area contributed by atoms with Gasteiger partial charge in [0.25, 0.3) is 5.91 Å². The van der Waals surface area contributed by atoms with E-state index in [0.717, 1.165) is 0 Å². The summed E-state index contributed by atoms with van der Waals surface area (Å²) < 4.78 is 4.94. The smallest absolute Gasteiger partial charge is 0.328 e. The molecule has 6 heteroatoms. The third-order valence-corrected chi connectivity index (χ3v) is 5.55. The number of hydrogen-bond donors (Lipinski definition) is 1. The van der Waals surface area contributed by atoms with Crippen molar-refractivity contribution in [1.82, 2.24) is 10.3 Å². The van der Waals surface area contributed by atoms with Gasteiger partial charge in [0.05, 0.1) is 23.7 Å². The molecule has 1 saturated carbocycles. The number of ether oxygens (including phenoxy) is 1. The Bertz CT molecular complexity index is 1050. The van der Waals surface area contributed by atoms with Gasteiger partial charge in [-0.1, -0.05) is 36.4 Å². The number of rotatable bonds is 4. The van der Waals surface area contributed by atoms with Crippen LogP contribution in [0.4, 0.5) is 0 Å². The molecule has 0 spiro atoms. The van der Waals surface area contributed by atoms with Crippen LogP contribution in [0.3, 0.4) is 0 Å². The Morgan fingerprint density at radius 1 is 1.07 bits per heavy atom. The number of nitrogens with one attached hydrogen (secondary N) is 1. The number of carbonyl (C=O) groups is 3. The van der Waals surface area contributed by atoms with Gasteiger partial charge in [0.1, 0.15) is 11.8 Å². The predicted molar refractivity (Wildman–Crippen MR) is 109 cm³/mol. The number of methoxy groups -OCH3 is 1. The summed E-state index contributed by atoms with van der Waals surface area (Å²) >= 11 is 0. The molecule has 6 nitrogen and oxygen atoms in total. The summed E-state index contributed by atoms with van der Waals surface area (Å²) in [5.74, 6) is -1.04. The molecule has 3 aromatic rings. The van der Waals surface area contributed by atoms with E-state index in [1.165, 1.54) is 7.11 Å². The fourth-order valence-corrected chi connectivity index (χ4v) is 4.14. The molecular formula is C23H22N2O4. The van der Waals surface area contributed by atoms with Crippen LogP contribution in [-0.2, 0) is 14.3 Å². The molecule has 1 aliphatic carbocycles. The molecular weight excluding hydrogens is 368 g/mol. The third-order valence-electron chi connectivity index (χ3n) is 5.55. The number of carbonyl (C=O) groups excluding carboxylic acids is 3. The van der Waals surface area contributed by atoms with E-state index in [9.17, 15) is 14.4 Å². The van der Waals surface area contributed by atoms with Crippen LogP contribution in [0.1, 0.15) is 36.0 Å². The average molecular weight is 390 g/mol. The van der Waals surface area contributed by atoms with Crippen molar-refractivity contribution in [3.05, 3.63) is 54.1 Å². The molecule has 0 aliphatic heterocycles. The number of hydrogen-bond acceptors (Lipinski definition) is 5. The number of pyridine rings is 1. The Hall–Kier alpha value is -3.28. The molecule has 1 amide bonds. The maximum atomic E-state index is 13.4. The van der Waals surface area contributed by atoms with E-state index in [4.69, 9.17) is 4.74 Å². The number of benzene rings is 2. The SMILES string of the molecule is COC(=O)[C@H](NC(=O)c1c2ccccc2nc2ccccc12)[C@H]1CCCC(=O)C1. The zero-order valence-electron chi connectivity index (χ0n) is 16.2. The highest BCUT2D eigenvalue weighted by molar-refractivity contribution is 6.16. The number of amides is 1. The van der Waals surface area contributed by atoms with Crippen molar-refractivity contribution in [2.45, 2.75) is 31.7 Å². The maximum absolute atomic E-state index is 13.4. The van der Waals surface area contributed by atoms with Gasteiger partial charge in [-0.3, -0.25) is 9.59 Å². The second-order valence-corrected chi connectivity index (χ2v) is 7.39. The molecule has 0 radical (unpaired) electrons. The molecule has 1 heterocycles. The standard InChI is InChI=1S/C23H22N2O4/c1-29-23(28)21(14-7-6-8-15(26)13-14)25-22(27)20-16-9-2-4-11-18(16)24-19-12-5-3-10-17(19)20/h2-5,9-12,14,21H,6-8,13H2,1H3,(H,25,27)/t14-,21+/m0/s1. The second kappa shape index (κ2) is 7.99. The normalized spacial score (nSPS) is 17.8. The molecule has 1 N–H and O–H groups in total. The fourth-order valence-electron chi connectivity index (χ4n) is 4.14. The quantitative estimate of drug-likeness (QED) is 0.545. The van der Waals surface area contributed by atoms with Crippen molar-refractivity contribution in [3.8, 4) is 0 Å². The van der Waals surface area contributed by atoms with Crippen LogP contribution in [0.15, 0.2) is 48.5 Å². The van der Waals surface area contributed by atoms with E-state index >= 15 is 0 Å². The third kappa shape index (κ3) is 3.70. The molecule has 1 aliphatic rings. The lowest BCUT2D eigenvalue weighted by Crippen LogP contribution is -2.48. The van der Waals surface area contributed by atoms with Crippen LogP contribution < -0.4 is 5.32 Å². The highest BCUT2D eigenvalue weighted by Gasteiger charge is 2.34. The summed E-state index contributed by atoms with van der Waals surface area (Å²) in [6.07, 6.45) is 2.22. The fraction of sp³-hybridized carbons (Fsp3) is 0.304. The van der Waals surface area contributed by atoms with Crippen LogP contribution in [0, 0.1) is 5.92 Å². The van der Waals surface area contributed by atoms with Gasteiger partial charge in [0.15, 0.2) is 0 Å². The Morgan fingerprint density at radius 2 is 1.69 bits per heavy atom. The van der Waals surface area contributed by atoms with Gasteiger partial charge in [-0.2, -0.15) is 0 Å². The molecule has 0 saturated heterocycles. The van der Waals surface area contributed by atoms with Crippen molar-refractivity contribution in [2.24, 2.45) is 5.92 Å². The lowest BCUT2D eigenvalue weighted by atomic mass is 9.83. The summed E-state index contributed by atoms with van der Waals surface area (Å²) in [6, 6.07) is 14.0. The first-order valence-electron chi connectivity index (χ1n) is 9.76. The van der Waals surface area contributed by atoms with E-state index < -0.39 is 12.0 Å². The first-order chi connectivity index (χ1) is 14.1. The van der Waals surface area contributed by atoms with Gasteiger partial charge in [0.2, 0.25) is 0 Å². The minimum Gasteiger partial charge on any atom is -0.467 e. The highest BCUT2D eigenvalue weighted by atomic mass is 16.5. The first kappa shape index (κ1) is 19.1. The van der Waals surface area contributed by atoms with Crippen LogP contribution >= 0.6 is 0 Å². The zero-order valence-corrected chi connectivity index (χ0v) is 16.2. The summed E-state index contributed by atoms with van der Waals surface area (Å²) in [5, 5.41) is 4.29. The summed E-state index contributed by atoms with van der Waals surface area (Å²) in [6.45, 7) is 0. The molecule has 29 heavy (non-hydrogen) atoms. The largest absolute Gasteiger partial charge is 0.467 e. The molecule has 1 aromatic heterocycles. The van der Waals surface area contributed by atoms with Crippen molar-refractivity contribution in [1.29, 1.82) is 0 Å². The number of fused-ring (bicyclic) bond motifs is 2. The summed E-state index contributed by atoms with van der Waals surface area (Å²) in [4.78, 5) is 42.4. The van der Waals surface area contributed by atoms with Crippen molar-refractivity contribution >= 4 is 39.5 Å². The Balaban J connectivity index is 1.77. The van der Waals surface area contributed by atoms with Crippen LogP contribution in [0.2, 0.25) is 0 Å².